The molecule has 78 valence electrons. The minimum Gasteiger partial charge on any atom is -0.375 e. The molecule has 1 N–H and O–H groups in total. The molecular weight excluding hydrogens is 179 g/mol. The molecule has 1 aromatic rings. The summed E-state index contributed by atoms with van der Waals surface area (Å²) in [7, 11) is 3.87. The van der Waals surface area contributed by atoms with E-state index in [1.165, 1.54) is 6.07 Å². The molecule has 0 saturated heterocycles. The molecule has 14 heavy (non-hydrogen) atoms. The van der Waals surface area contributed by atoms with Crippen LogP contribution in [0.2, 0.25) is 0 Å². The lowest BCUT2D eigenvalue weighted by Crippen LogP contribution is -2.19. The highest BCUT2D eigenvalue weighted by Gasteiger charge is 2.06. The van der Waals surface area contributed by atoms with Gasteiger partial charge >= 0.3 is 0 Å². The highest BCUT2D eigenvalue weighted by molar-refractivity contribution is 5.53. The standard InChI is InChI=1S/C11H17FN2/c1-4-14(3)11-6-5-10(12)7-9(11)8-13-2/h5-7,13H,4,8H2,1-3H3. The van der Waals surface area contributed by atoms with Crippen LogP contribution in [0.5, 0.6) is 0 Å². The molecule has 0 fully saturated rings. The first kappa shape index (κ1) is 11.0. The third-order valence-corrected chi connectivity index (χ3v) is 2.29. The topological polar surface area (TPSA) is 15.3 Å². The Kier molecular flexibility index (Phi) is 3.89. The summed E-state index contributed by atoms with van der Waals surface area (Å²) in [4.78, 5) is 2.10. The third-order valence-electron chi connectivity index (χ3n) is 2.29. The normalized spacial score (nSPS) is 10.3. The second-order valence-corrected chi connectivity index (χ2v) is 3.32. The monoisotopic (exact) mass is 196 g/mol. The quantitative estimate of drug-likeness (QED) is 0.792. The van der Waals surface area contributed by atoms with E-state index in [2.05, 4.69) is 17.1 Å². The Hall–Kier alpha value is -1.09. The zero-order valence-corrected chi connectivity index (χ0v) is 8.97. The van der Waals surface area contributed by atoms with Crippen LogP contribution >= 0.6 is 0 Å². The molecule has 0 radical (unpaired) electrons. The lowest BCUT2D eigenvalue weighted by atomic mass is 10.1. The number of rotatable bonds is 4. The van der Waals surface area contributed by atoms with Crippen molar-refractivity contribution in [2.75, 3.05) is 25.5 Å². The van der Waals surface area contributed by atoms with Gasteiger partial charge in [0.1, 0.15) is 5.82 Å². The van der Waals surface area contributed by atoms with E-state index in [9.17, 15) is 4.39 Å². The third kappa shape index (κ3) is 2.45. The predicted molar refractivity (Wildman–Crippen MR) is 58.1 cm³/mol. The summed E-state index contributed by atoms with van der Waals surface area (Å²) < 4.78 is 13.0. The Bertz CT molecular complexity index is 299. The second kappa shape index (κ2) is 4.96. The van der Waals surface area contributed by atoms with Gasteiger partial charge in [-0.25, -0.2) is 4.39 Å². The van der Waals surface area contributed by atoms with Gasteiger partial charge in [0.25, 0.3) is 0 Å². The summed E-state index contributed by atoms with van der Waals surface area (Å²) in [6, 6.07) is 4.91. The van der Waals surface area contributed by atoms with Crippen molar-refractivity contribution < 1.29 is 4.39 Å². The predicted octanol–water partition coefficient (Wildman–Crippen LogP) is 2.00. The smallest absolute Gasteiger partial charge is 0.123 e. The largest absolute Gasteiger partial charge is 0.375 e. The number of nitrogens with one attached hydrogen (secondary N) is 1. The Balaban J connectivity index is 3.01. The first-order chi connectivity index (χ1) is 6.69. The van der Waals surface area contributed by atoms with Crippen molar-refractivity contribution in [1.82, 2.24) is 5.32 Å². The minimum atomic E-state index is -0.177. The molecule has 0 heterocycles. The summed E-state index contributed by atoms with van der Waals surface area (Å²) in [5.74, 6) is -0.177. The molecule has 0 spiro atoms. The number of halogens is 1. The maximum absolute atomic E-state index is 13.0. The van der Waals surface area contributed by atoms with Crippen molar-refractivity contribution in [2.24, 2.45) is 0 Å². The van der Waals surface area contributed by atoms with Crippen molar-refractivity contribution >= 4 is 5.69 Å². The Labute approximate surface area is 84.7 Å². The summed E-state index contributed by atoms with van der Waals surface area (Å²) in [5, 5.41) is 3.04. The van der Waals surface area contributed by atoms with Crippen molar-refractivity contribution in [3.05, 3.63) is 29.6 Å². The molecule has 0 aliphatic rings. The summed E-state index contributed by atoms with van der Waals surface area (Å²) in [6.45, 7) is 3.69. The zero-order chi connectivity index (χ0) is 10.6. The molecule has 2 nitrogen and oxygen atoms in total. The minimum absolute atomic E-state index is 0.177. The van der Waals surface area contributed by atoms with Gasteiger partial charge < -0.3 is 10.2 Å². The van der Waals surface area contributed by atoms with E-state index in [-0.39, 0.29) is 5.82 Å². The van der Waals surface area contributed by atoms with Crippen LogP contribution in [-0.4, -0.2) is 20.6 Å². The Morgan fingerprint density at radius 1 is 1.43 bits per heavy atom. The maximum Gasteiger partial charge on any atom is 0.123 e. The zero-order valence-electron chi connectivity index (χ0n) is 8.97. The average molecular weight is 196 g/mol. The molecule has 1 rings (SSSR count). The van der Waals surface area contributed by atoms with E-state index in [1.807, 2.05) is 20.2 Å². The fourth-order valence-electron chi connectivity index (χ4n) is 1.43. The average Bonchev–Trinajstić information content (AvgIpc) is 2.17. The molecule has 0 bridgehead atoms. The molecular formula is C11H17FN2. The first-order valence-corrected chi connectivity index (χ1v) is 4.83. The van der Waals surface area contributed by atoms with E-state index >= 15 is 0 Å². The molecule has 0 unspecified atom stereocenters. The lowest BCUT2D eigenvalue weighted by molar-refractivity contribution is 0.623. The molecule has 0 saturated carbocycles. The van der Waals surface area contributed by atoms with Crippen molar-refractivity contribution in [3.8, 4) is 0 Å². The van der Waals surface area contributed by atoms with Crippen LogP contribution < -0.4 is 10.2 Å². The van der Waals surface area contributed by atoms with Crippen LogP contribution in [0.25, 0.3) is 0 Å². The molecule has 0 aliphatic carbocycles. The van der Waals surface area contributed by atoms with Crippen LogP contribution in [0.1, 0.15) is 12.5 Å². The van der Waals surface area contributed by atoms with E-state index in [4.69, 9.17) is 0 Å². The molecule has 0 atom stereocenters. The molecule has 0 amide bonds. The number of anilines is 1. The van der Waals surface area contributed by atoms with Gasteiger partial charge in [-0.2, -0.15) is 0 Å². The van der Waals surface area contributed by atoms with Crippen LogP contribution in [0.4, 0.5) is 10.1 Å². The number of nitrogens with zero attached hydrogens (tertiary/aromatic N) is 1. The Morgan fingerprint density at radius 3 is 2.71 bits per heavy atom. The SMILES string of the molecule is CCN(C)c1ccc(F)cc1CNC. The second-order valence-electron chi connectivity index (χ2n) is 3.32. The van der Waals surface area contributed by atoms with Crippen molar-refractivity contribution in [1.29, 1.82) is 0 Å². The van der Waals surface area contributed by atoms with Gasteiger partial charge in [-0.1, -0.05) is 0 Å². The lowest BCUT2D eigenvalue weighted by Gasteiger charge is -2.20. The summed E-state index contributed by atoms with van der Waals surface area (Å²) in [6.07, 6.45) is 0. The number of hydrogen-bond acceptors (Lipinski definition) is 2. The summed E-state index contributed by atoms with van der Waals surface area (Å²) >= 11 is 0. The number of hydrogen-bond donors (Lipinski definition) is 1. The van der Waals surface area contributed by atoms with Gasteiger partial charge in [-0.05, 0) is 37.7 Å². The van der Waals surface area contributed by atoms with Crippen LogP contribution in [0, 0.1) is 5.82 Å². The Morgan fingerprint density at radius 2 is 2.14 bits per heavy atom. The highest BCUT2D eigenvalue weighted by atomic mass is 19.1. The van der Waals surface area contributed by atoms with Gasteiger partial charge in [0, 0.05) is 25.8 Å². The van der Waals surface area contributed by atoms with Gasteiger partial charge in [0.2, 0.25) is 0 Å². The van der Waals surface area contributed by atoms with Gasteiger partial charge in [0.15, 0.2) is 0 Å². The molecule has 3 heteroatoms. The fraction of sp³-hybridized carbons (Fsp3) is 0.455. The van der Waals surface area contributed by atoms with Gasteiger partial charge in [-0.15, -0.1) is 0 Å². The first-order valence-electron chi connectivity index (χ1n) is 4.83. The van der Waals surface area contributed by atoms with E-state index in [0.29, 0.717) is 6.54 Å². The van der Waals surface area contributed by atoms with Crippen molar-refractivity contribution in [2.45, 2.75) is 13.5 Å². The molecule has 1 aromatic carbocycles. The summed E-state index contributed by atoms with van der Waals surface area (Å²) in [5.41, 5.74) is 2.08. The van der Waals surface area contributed by atoms with E-state index in [0.717, 1.165) is 17.8 Å². The highest BCUT2D eigenvalue weighted by Crippen LogP contribution is 2.20. The van der Waals surface area contributed by atoms with Gasteiger partial charge in [0.05, 0.1) is 0 Å². The maximum atomic E-state index is 13.0. The van der Waals surface area contributed by atoms with Gasteiger partial charge in [-0.3, -0.25) is 0 Å². The van der Waals surface area contributed by atoms with E-state index in [1.54, 1.807) is 6.07 Å². The molecule has 0 aliphatic heterocycles. The number of benzene rings is 1. The van der Waals surface area contributed by atoms with E-state index < -0.39 is 0 Å². The van der Waals surface area contributed by atoms with Crippen LogP contribution in [-0.2, 0) is 6.54 Å². The fourth-order valence-corrected chi connectivity index (χ4v) is 1.43. The van der Waals surface area contributed by atoms with Crippen LogP contribution in [0.15, 0.2) is 18.2 Å². The van der Waals surface area contributed by atoms with Crippen molar-refractivity contribution in [3.63, 3.8) is 0 Å². The van der Waals surface area contributed by atoms with Crippen LogP contribution in [0.3, 0.4) is 0 Å². The molecule has 0 aromatic heterocycles.